The molecule has 2 rings (SSSR count). The van der Waals surface area contributed by atoms with Crippen molar-refractivity contribution in [3.8, 4) is 5.95 Å². The summed E-state index contributed by atoms with van der Waals surface area (Å²) in [6.07, 6.45) is 5.31. The Balaban J connectivity index is 2.55. The highest BCUT2D eigenvalue weighted by atomic mass is 16.4. The van der Waals surface area contributed by atoms with Crippen LogP contribution in [0.25, 0.3) is 5.95 Å². The van der Waals surface area contributed by atoms with E-state index in [2.05, 4.69) is 10.1 Å². The van der Waals surface area contributed by atoms with Gasteiger partial charge in [0.2, 0.25) is 5.95 Å². The molecule has 0 saturated heterocycles. The molecule has 0 aromatic carbocycles. The molecule has 3 N–H and O–H groups in total. The summed E-state index contributed by atoms with van der Waals surface area (Å²) in [5, 5.41) is 11.6. The van der Waals surface area contributed by atoms with Gasteiger partial charge in [-0.1, -0.05) is 5.16 Å². The maximum Gasteiger partial charge on any atom is 0.214 e. The lowest BCUT2D eigenvalue weighted by Gasteiger charge is -2.06. The molecule has 2 heterocycles. The molecule has 0 amide bonds. The number of hydrogen-bond acceptors (Lipinski definition) is 3. The summed E-state index contributed by atoms with van der Waals surface area (Å²) >= 11 is 0. The summed E-state index contributed by atoms with van der Waals surface area (Å²) in [7, 11) is 1.87. The van der Waals surface area contributed by atoms with E-state index in [0.717, 1.165) is 0 Å². The molecule has 0 unspecified atom stereocenters. The first-order valence-corrected chi connectivity index (χ1v) is 4.37. The van der Waals surface area contributed by atoms with Crippen LogP contribution in [0, 0.1) is 0 Å². The average molecular weight is 205 g/mol. The number of aromatic nitrogens is 3. The zero-order valence-corrected chi connectivity index (χ0v) is 8.20. The van der Waals surface area contributed by atoms with E-state index in [4.69, 9.17) is 10.9 Å². The zero-order valence-electron chi connectivity index (χ0n) is 8.20. The topological polar surface area (TPSA) is 81.4 Å². The van der Waals surface area contributed by atoms with E-state index < -0.39 is 0 Å². The van der Waals surface area contributed by atoms with Crippen LogP contribution in [0.3, 0.4) is 0 Å². The van der Waals surface area contributed by atoms with Crippen molar-refractivity contribution in [3.05, 3.63) is 36.4 Å². The number of nitrogens with zero attached hydrogens (tertiary/aromatic N) is 4. The molecule has 2 aromatic rings. The Hall–Kier alpha value is -2.24. The highest BCUT2D eigenvalue weighted by molar-refractivity contribution is 5.96. The molecule has 0 radical (unpaired) electrons. The monoisotopic (exact) mass is 205 g/mol. The van der Waals surface area contributed by atoms with Gasteiger partial charge in [0.1, 0.15) is 0 Å². The summed E-state index contributed by atoms with van der Waals surface area (Å²) in [4.78, 5) is 4.17. The van der Waals surface area contributed by atoms with Gasteiger partial charge in [0.15, 0.2) is 5.84 Å². The minimum atomic E-state index is 0.0583. The molecule has 15 heavy (non-hydrogen) atoms. The van der Waals surface area contributed by atoms with Crippen molar-refractivity contribution in [2.24, 2.45) is 17.9 Å². The van der Waals surface area contributed by atoms with Crippen LogP contribution in [0.5, 0.6) is 0 Å². The zero-order chi connectivity index (χ0) is 10.8. The average Bonchev–Trinajstić information content (AvgIpc) is 2.84. The standard InChI is InChI=1S/C9H11N5O/c1-13-6-4-11-9(13)14-5-2-3-7(14)8(10)12-15/h2-6,15H,1H3,(H2,10,12). The SMILES string of the molecule is Cn1ccnc1-n1cccc1/C(N)=N/O. The molecule has 78 valence electrons. The third-order valence-electron chi connectivity index (χ3n) is 2.13. The first kappa shape index (κ1) is 9.32. The van der Waals surface area contributed by atoms with Crippen LogP contribution >= 0.6 is 0 Å². The highest BCUT2D eigenvalue weighted by Gasteiger charge is 2.10. The smallest absolute Gasteiger partial charge is 0.214 e. The second-order valence-electron chi connectivity index (χ2n) is 3.09. The number of imidazole rings is 1. The summed E-state index contributed by atoms with van der Waals surface area (Å²) < 4.78 is 3.59. The lowest BCUT2D eigenvalue weighted by molar-refractivity contribution is 0.318. The molecule has 0 atom stereocenters. The quantitative estimate of drug-likeness (QED) is 0.320. The van der Waals surface area contributed by atoms with Crippen LogP contribution < -0.4 is 5.73 Å². The predicted octanol–water partition coefficient (Wildman–Crippen LogP) is 0.305. The Kier molecular flexibility index (Phi) is 2.17. The van der Waals surface area contributed by atoms with E-state index >= 15 is 0 Å². The van der Waals surface area contributed by atoms with Gasteiger partial charge in [-0.25, -0.2) is 4.98 Å². The van der Waals surface area contributed by atoms with Crippen LogP contribution in [0.2, 0.25) is 0 Å². The number of nitrogens with two attached hydrogens (primary N) is 1. The van der Waals surface area contributed by atoms with E-state index in [9.17, 15) is 0 Å². The molecule has 0 spiro atoms. The van der Waals surface area contributed by atoms with Gasteiger partial charge in [-0.3, -0.25) is 4.57 Å². The summed E-state index contributed by atoms with van der Waals surface area (Å²) in [5.74, 6) is 0.768. The maximum absolute atomic E-state index is 8.62. The van der Waals surface area contributed by atoms with Crippen molar-refractivity contribution in [2.75, 3.05) is 0 Å². The Labute approximate surface area is 86.3 Å². The number of hydrogen-bond donors (Lipinski definition) is 2. The van der Waals surface area contributed by atoms with Crippen LogP contribution in [-0.4, -0.2) is 25.2 Å². The van der Waals surface area contributed by atoms with E-state index in [1.165, 1.54) is 0 Å². The van der Waals surface area contributed by atoms with Gasteiger partial charge in [0.05, 0.1) is 5.69 Å². The number of oxime groups is 1. The Morgan fingerprint density at radius 2 is 2.33 bits per heavy atom. The minimum Gasteiger partial charge on any atom is -0.409 e. The van der Waals surface area contributed by atoms with Gasteiger partial charge in [-0.15, -0.1) is 0 Å². The summed E-state index contributed by atoms with van der Waals surface area (Å²) in [6, 6.07) is 3.56. The van der Waals surface area contributed by atoms with Crippen LogP contribution in [-0.2, 0) is 7.05 Å². The van der Waals surface area contributed by atoms with Crippen molar-refractivity contribution >= 4 is 5.84 Å². The van der Waals surface area contributed by atoms with Crippen LogP contribution in [0.15, 0.2) is 35.9 Å². The van der Waals surface area contributed by atoms with E-state index in [1.54, 1.807) is 23.0 Å². The van der Waals surface area contributed by atoms with Gasteiger partial charge in [0, 0.05) is 25.6 Å². The predicted molar refractivity (Wildman–Crippen MR) is 55.0 cm³/mol. The van der Waals surface area contributed by atoms with Gasteiger partial charge >= 0.3 is 0 Å². The lowest BCUT2D eigenvalue weighted by atomic mass is 10.4. The fourth-order valence-corrected chi connectivity index (χ4v) is 1.41. The molecule has 0 aliphatic heterocycles. The second-order valence-corrected chi connectivity index (χ2v) is 3.09. The van der Waals surface area contributed by atoms with Gasteiger partial charge in [0.25, 0.3) is 0 Å². The Bertz CT molecular complexity index is 496. The van der Waals surface area contributed by atoms with Crippen LogP contribution in [0.1, 0.15) is 5.69 Å². The lowest BCUT2D eigenvalue weighted by Crippen LogP contribution is -2.18. The minimum absolute atomic E-state index is 0.0583. The fraction of sp³-hybridized carbons (Fsp3) is 0.111. The van der Waals surface area contributed by atoms with Gasteiger partial charge in [-0.2, -0.15) is 0 Å². The first-order chi connectivity index (χ1) is 7.24. The maximum atomic E-state index is 8.62. The molecule has 0 aliphatic carbocycles. The summed E-state index contributed by atoms with van der Waals surface area (Å²) in [6.45, 7) is 0. The van der Waals surface area contributed by atoms with Crippen LogP contribution in [0.4, 0.5) is 0 Å². The third-order valence-corrected chi connectivity index (χ3v) is 2.13. The third kappa shape index (κ3) is 1.45. The van der Waals surface area contributed by atoms with Crippen molar-refractivity contribution in [1.29, 1.82) is 0 Å². The highest BCUT2D eigenvalue weighted by Crippen LogP contribution is 2.09. The normalized spacial score (nSPS) is 11.9. The molecule has 0 bridgehead atoms. The second kappa shape index (κ2) is 3.49. The van der Waals surface area contributed by atoms with Crippen molar-refractivity contribution < 1.29 is 5.21 Å². The van der Waals surface area contributed by atoms with Gasteiger partial charge < -0.3 is 15.5 Å². The first-order valence-electron chi connectivity index (χ1n) is 4.37. The van der Waals surface area contributed by atoms with Crippen molar-refractivity contribution in [2.45, 2.75) is 0 Å². The number of rotatable bonds is 2. The molecule has 0 aliphatic rings. The Morgan fingerprint density at radius 1 is 1.53 bits per heavy atom. The van der Waals surface area contributed by atoms with E-state index in [0.29, 0.717) is 11.6 Å². The molecule has 0 fully saturated rings. The van der Waals surface area contributed by atoms with Crippen molar-refractivity contribution in [1.82, 2.24) is 14.1 Å². The van der Waals surface area contributed by atoms with Gasteiger partial charge in [-0.05, 0) is 12.1 Å². The molecule has 6 nitrogen and oxygen atoms in total. The number of aryl methyl sites for hydroxylation is 1. The van der Waals surface area contributed by atoms with Crippen molar-refractivity contribution in [3.63, 3.8) is 0 Å². The molecular formula is C9H11N5O. The molecule has 0 saturated carbocycles. The molecule has 2 aromatic heterocycles. The van der Waals surface area contributed by atoms with E-state index in [-0.39, 0.29) is 5.84 Å². The Morgan fingerprint density at radius 3 is 2.93 bits per heavy atom. The number of amidine groups is 1. The molecular weight excluding hydrogens is 194 g/mol. The fourth-order valence-electron chi connectivity index (χ4n) is 1.41. The molecule has 6 heteroatoms. The largest absolute Gasteiger partial charge is 0.409 e. The van der Waals surface area contributed by atoms with E-state index in [1.807, 2.05) is 23.9 Å². The summed E-state index contributed by atoms with van der Waals surface area (Å²) in [5.41, 5.74) is 6.14.